The van der Waals surface area contributed by atoms with Gasteiger partial charge in [-0.05, 0) is 50.1 Å². The molecule has 4 heteroatoms. The Morgan fingerprint density at radius 3 is 2.80 bits per heavy atom. The van der Waals surface area contributed by atoms with Crippen LogP contribution in [0.15, 0.2) is 24.3 Å². The lowest BCUT2D eigenvalue weighted by Crippen LogP contribution is -2.41. The SMILES string of the molecule is CCCOC1CCCN(CCOc2ccc(N)cc2)C1. The Hall–Kier alpha value is -1.26. The molecule has 4 nitrogen and oxygen atoms in total. The Labute approximate surface area is 121 Å². The average Bonchev–Trinajstić information content (AvgIpc) is 2.48. The lowest BCUT2D eigenvalue weighted by Gasteiger charge is -2.32. The van der Waals surface area contributed by atoms with E-state index in [2.05, 4.69) is 11.8 Å². The van der Waals surface area contributed by atoms with Gasteiger partial charge in [0.05, 0.1) is 6.10 Å². The second-order valence-electron chi connectivity index (χ2n) is 5.35. The summed E-state index contributed by atoms with van der Waals surface area (Å²) in [6.07, 6.45) is 3.91. The molecule has 1 unspecified atom stereocenters. The summed E-state index contributed by atoms with van der Waals surface area (Å²) < 4.78 is 11.6. The average molecular weight is 278 g/mol. The number of nitrogen functional groups attached to an aromatic ring is 1. The third kappa shape index (κ3) is 5.02. The van der Waals surface area contributed by atoms with Gasteiger partial charge in [-0.3, -0.25) is 4.90 Å². The molecule has 20 heavy (non-hydrogen) atoms. The molecule has 0 aromatic heterocycles. The van der Waals surface area contributed by atoms with E-state index in [1.165, 1.54) is 12.8 Å². The van der Waals surface area contributed by atoms with Gasteiger partial charge in [-0.25, -0.2) is 0 Å². The van der Waals surface area contributed by atoms with Crippen LogP contribution >= 0.6 is 0 Å². The van der Waals surface area contributed by atoms with Crippen LogP contribution in [-0.2, 0) is 4.74 Å². The summed E-state index contributed by atoms with van der Waals surface area (Å²) in [4.78, 5) is 2.43. The molecule has 2 rings (SSSR count). The summed E-state index contributed by atoms with van der Waals surface area (Å²) in [5.74, 6) is 0.884. The van der Waals surface area contributed by atoms with Crippen molar-refractivity contribution < 1.29 is 9.47 Å². The summed E-state index contributed by atoms with van der Waals surface area (Å²) in [6.45, 7) is 6.88. The first kappa shape index (κ1) is 15.1. The fraction of sp³-hybridized carbons (Fsp3) is 0.625. The summed E-state index contributed by atoms with van der Waals surface area (Å²) in [5, 5.41) is 0. The molecule has 1 aromatic rings. The summed E-state index contributed by atoms with van der Waals surface area (Å²) in [6, 6.07) is 7.56. The van der Waals surface area contributed by atoms with Gasteiger partial charge < -0.3 is 15.2 Å². The number of piperidine rings is 1. The Kier molecular flexibility index (Phi) is 6.15. The van der Waals surface area contributed by atoms with Crippen molar-refractivity contribution in [3.63, 3.8) is 0 Å². The second kappa shape index (κ2) is 8.12. The van der Waals surface area contributed by atoms with E-state index in [0.29, 0.717) is 12.7 Å². The van der Waals surface area contributed by atoms with Gasteiger partial charge in [0.1, 0.15) is 12.4 Å². The summed E-state index contributed by atoms with van der Waals surface area (Å²) >= 11 is 0. The lowest BCUT2D eigenvalue weighted by atomic mass is 10.1. The minimum atomic E-state index is 0.403. The molecule has 0 bridgehead atoms. The molecule has 0 radical (unpaired) electrons. The van der Waals surface area contributed by atoms with E-state index in [9.17, 15) is 0 Å². The summed E-state index contributed by atoms with van der Waals surface area (Å²) in [7, 11) is 0. The number of nitrogens with two attached hydrogens (primary N) is 1. The van der Waals surface area contributed by atoms with Gasteiger partial charge in [-0.2, -0.15) is 0 Å². The van der Waals surface area contributed by atoms with Crippen LogP contribution in [0.1, 0.15) is 26.2 Å². The first-order valence-corrected chi connectivity index (χ1v) is 7.60. The minimum absolute atomic E-state index is 0.403. The maximum Gasteiger partial charge on any atom is 0.119 e. The Balaban J connectivity index is 1.67. The number of benzene rings is 1. The van der Waals surface area contributed by atoms with Crippen molar-refractivity contribution in [2.75, 3.05) is 38.6 Å². The quantitative estimate of drug-likeness (QED) is 0.779. The highest BCUT2D eigenvalue weighted by molar-refractivity contribution is 5.41. The molecule has 2 N–H and O–H groups in total. The molecule has 1 aliphatic rings. The van der Waals surface area contributed by atoms with Gasteiger partial charge in [0.15, 0.2) is 0 Å². The molecule has 1 aromatic carbocycles. The van der Waals surface area contributed by atoms with Gasteiger partial charge in [-0.15, -0.1) is 0 Å². The predicted molar refractivity (Wildman–Crippen MR) is 82.1 cm³/mol. The fourth-order valence-corrected chi connectivity index (χ4v) is 2.49. The number of likely N-dealkylation sites (tertiary alicyclic amines) is 1. The first-order chi connectivity index (χ1) is 9.78. The Morgan fingerprint density at radius 1 is 1.25 bits per heavy atom. The van der Waals surface area contributed by atoms with Crippen LogP contribution in [0.2, 0.25) is 0 Å². The predicted octanol–water partition coefficient (Wildman–Crippen LogP) is 2.54. The van der Waals surface area contributed by atoms with Crippen molar-refractivity contribution in [1.29, 1.82) is 0 Å². The van der Waals surface area contributed by atoms with Crippen LogP contribution in [0.3, 0.4) is 0 Å². The smallest absolute Gasteiger partial charge is 0.119 e. The molecule has 1 aliphatic heterocycles. The molecular formula is C16H26N2O2. The van der Waals surface area contributed by atoms with Crippen LogP contribution in [0, 0.1) is 0 Å². The molecule has 1 saturated heterocycles. The van der Waals surface area contributed by atoms with Crippen molar-refractivity contribution >= 4 is 5.69 Å². The van der Waals surface area contributed by atoms with Gasteiger partial charge in [0.25, 0.3) is 0 Å². The van der Waals surface area contributed by atoms with Crippen LogP contribution in [0.4, 0.5) is 5.69 Å². The van der Waals surface area contributed by atoms with Gasteiger partial charge in [0, 0.05) is 25.4 Å². The molecule has 0 amide bonds. The van der Waals surface area contributed by atoms with Crippen LogP contribution in [-0.4, -0.2) is 43.9 Å². The number of anilines is 1. The molecule has 112 valence electrons. The molecule has 1 heterocycles. The molecule has 1 fully saturated rings. The molecule has 0 spiro atoms. The zero-order chi connectivity index (χ0) is 14.2. The third-order valence-corrected chi connectivity index (χ3v) is 3.58. The van der Waals surface area contributed by atoms with Crippen molar-refractivity contribution in [2.45, 2.75) is 32.3 Å². The lowest BCUT2D eigenvalue weighted by molar-refractivity contribution is -0.00268. The maximum absolute atomic E-state index is 5.84. The fourth-order valence-electron chi connectivity index (χ4n) is 2.49. The highest BCUT2D eigenvalue weighted by atomic mass is 16.5. The number of hydrogen-bond acceptors (Lipinski definition) is 4. The van der Waals surface area contributed by atoms with Gasteiger partial charge in [-0.1, -0.05) is 6.92 Å². The number of rotatable bonds is 7. The van der Waals surface area contributed by atoms with Crippen molar-refractivity contribution in [1.82, 2.24) is 4.90 Å². The maximum atomic E-state index is 5.84. The van der Waals surface area contributed by atoms with Crippen molar-refractivity contribution in [3.8, 4) is 5.75 Å². The van der Waals surface area contributed by atoms with Gasteiger partial charge >= 0.3 is 0 Å². The third-order valence-electron chi connectivity index (χ3n) is 3.58. The molecule has 0 aliphatic carbocycles. The highest BCUT2D eigenvalue weighted by Gasteiger charge is 2.19. The van der Waals surface area contributed by atoms with Crippen LogP contribution in [0.25, 0.3) is 0 Å². The van der Waals surface area contributed by atoms with Gasteiger partial charge in [0.2, 0.25) is 0 Å². The van der Waals surface area contributed by atoms with E-state index in [1.54, 1.807) is 0 Å². The molecular weight excluding hydrogens is 252 g/mol. The topological polar surface area (TPSA) is 47.7 Å². The number of ether oxygens (including phenoxy) is 2. The highest BCUT2D eigenvalue weighted by Crippen LogP contribution is 2.15. The molecule has 0 saturated carbocycles. The van der Waals surface area contributed by atoms with E-state index in [1.807, 2.05) is 24.3 Å². The monoisotopic (exact) mass is 278 g/mol. The van der Waals surface area contributed by atoms with Crippen LogP contribution in [0.5, 0.6) is 5.75 Å². The summed E-state index contributed by atoms with van der Waals surface area (Å²) in [5.41, 5.74) is 6.42. The van der Waals surface area contributed by atoms with E-state index in [4.69, 9.17) is 15.2 Å². The zero-order valence-corrected chi connectivity index (χ0v) is 12.4. The zero-order valence-electron chi connectivity index (χ0n) is 12.4. The standard InChI is InChI=1S/C16H26N2O2/c1-2-11-19-16-4-3-9-18(13-16)10-12-20-15-7-5-14(17)6-8-15/h5-8,16H,2-4,9-13,17H2,1H3. The van der Waals surface area contributed by atoms with E-state index in [0.717, 1.165) is 44.1 Å². The first-order valence-electron chi connectivity index (χ1n) is 7.60. The largest absolute Gasteiger partial charge is 0.492 e. The second-order valence-corrected chi connectivity index (χ2v) is 5.35. The van der Waals surface area contributed by atoms with E-state index in [-0.39, 0.29) is 0 Å². The molecule has 1 atom stereocenters. The number of hydrogen-bond donors (Lipinski definition) is 1. The van der Waals surface area contributed by atoms with E-state index >= 15 is 0 Å². The van der Waals surface area contributed by atoms with Crippen LogP contribution < -0.4 is 10.5 Å². The van der Waals surface area contributed by atoms with Crippen molar-refractivity contribution in [2.24, 2.45) is 0 Å². The minimum Gasteiger partial charge on any atom is -0.492 e. The Bertz CT molecular complexity index is 381. The van der Waals surface area contributed by atoms with E-state index < -0.39 is 0 Å². The van der Waals surface area contributed by atoms with Crippen molar-refractivity contribution in [3.05, 3.63) is 24.3 Å². The normalized spacial score (nSPS) is 19.9. The number of nitrogens with zero attached hydrogens (tertiary/aromatic N) is 1. The Morgan fingerprint density at radius 2 is 2.05 bits per heavy atom.